The van der Waals surface area contributed by atoms with Crippen molar-refractivity contribution >= 4 is 17.2 Å². The zero-order valence-electron chi connectivity index (χ0n) is 15.2. The molecule has 1 N–H and O–H groups in total. The van der Waals surface area contributed by atoms with Crippen LogP contribution >= 0.6 is 11.3 Å². The average molecular weight is 418 g/mol. The van der Waals surface area contributed by atoms with Gasteiger partial charge in [0.05, 0.1) is 5.56 Å². The Morgan fingerprint density at radius 2 is 1.93 bits per heavy atom. The number of hydrogen-bond acceptors (Lipinski definition) is 4. The Hall–Kier alpha value is -2.87. The van der Waals surface area contributed by atoms with Crippen molar-refractivity contribution in [2.75, 3.05) is 0 Å². The number of alkyl halides is 3. The molecule has 0 unspecified atom stereocenters. The van der Waals surface area contributed by atoms with E-state index in [0.717, 1.165) is 30.5 Å². The molecular formula is C21H17F3N2O2S. The molecular weight excluding hydrogens is 401 g/mol. The van der Waals surface area contributed by atoms with Crippen LogP contribution in [0.25, 0.3) is 10.6 Å². The summed E-state index contributed by atoms with van der Waals surface area (Å²) in [7, 11) is 0. The van der Waals surface area contributed by atoms with Crippen LogP contribution in [0.1, 0.15) is 34.5 Å². The zero-order chi connectivity index (χ0) is 20.4. The molecule has 1 aromatic heterocycles. The van der Waals surface area contributed by atoms with Crippen LogP contribution in [0, 0.1) is 0 Å². The van der Waals surface area contributed by atoms with E-state index in [1.807, 2.05) is 12.1 Å². The van der Waals surface area contributed by atoms with Crippen LogP contribution in [0.2, 0.25) is 0 Å². The van der Waals surface area contributed by atoms with Crippen molar-refractivity contribution in [3.8, 4) is 16.3 Å². The van der Waals surface area contributed by atoms with Gasteiger partial charge in [0, 0.05) is 17.0 Å². The summed E-state index contributed by atoms with van der Waals surface area (Å²) in [4.78, 5) is 16.5. The molecule has 2 aromatic carbocycles. The maximum atomic E-state index is 12.6. The molecule has 0 radical (unpaired) electrons. The monoisotopic (exact) mass is 418 g/mol. The molecule has 1 aliphatic rings. The predicted octanol–water partition coefficient (Wildman–Crippen LogP) is 5.30. The average Bonchev–Trinajstić information content (AvgIpc) is 3.37. The van der Waals surface area contributed by atoms with E-state index in [0.29, 0.717) is 22.0 Å². The Morgan fingerprint density at radius 1 is 1.17 bits per heavy atom. The molecule has 1 fully saturated rings. The van der Waals surface area contributed by atoms with Crippen molar-refractivity contribution in [1.29, 1.82) is 0 Å². The molecule has 0 spiro atoms. The van der Waals surface area contributed by atoms with Crippen molar-refractivity contribution in [3.63, 3.8) is 0 Å². The molecule has 1 heterocycles. The molecule has 1 amide bonds. The highest BCUT2D eigenvalue weighted by atomic mass is 32.1. The molecule has 1 aliphatic carbocycles. The summed E-state index contributed by atoms with van der Waals surface area (Å²) in [6, 6.07) is 12.4. The predicted molar refractivity (Wildman–Crippen MR) is 104 cm³/mol. The Labute approximate surface area is 169 Å². The molecule has 0 atom stereocenters. The van der Waals surface area contributed by atoms with Crippen molar-refractivity contribution in [1.82, 2.24) is 10.3 Å². The van der Waals surface area contributed by atoms with Gasteiger partial charge in [-0.25, -0.2) is 4.98 Å². The summed E-state index contributed by atoms with van der Waals surface area (Å²) in [6.45, 7) is 0.147. The molecule has 150 valence electrons. The lowest BCUT2D eigenvalue weighted by Crippen LogP contribution is -2.25. The van der Waals surface area contributed by atoms with Crippen molar-refractivity contribution < 1.29 is 22.7 Å². The topological polar surface area (TPSA) is 51.2 Å². The molecule has 0 aliphatic heterocycles. The number of benzene rings is 2. The lowest BCUT2D eigenvalue weighted by molar-refractivity contribution is -0.137. The van der Waals surface area contributed by atoms with E-state index in [4.69, 9.17) is 4.74 Å². The number of carbonyl (C=O) groups excluding carboxylic acids is 1. The van der Waals surface area contributed by atoms with Crippen molar-refractivity contribution in [2.24, 2.45) is 0 Å². The first-order valence-electron chi connectivity index (χ1n) is 9.04. The quantitative estimate of drug-likeness (QED) is 0.591. The van der Waals surface area contributed by atoms with Gasteiger partial charge < -0.3 is 10.1 Å². The Morgan fingerprint density at radius 3 is 2.62 bits per heavy atom. The number of aromatic nitrogens is 1. The maximum absolute atomic E-state index is 12.6. The molecule has 8 heteroatoms. The molecule has 4 rings (SSSR count). The number of hydrogen-bond donors (Lipinski definition) is 1. The maximum Gasteiger partial charge on any atom is 0.416 e. The Kier molecular flexibility index (Phi) is 5.27. The van der Waals surface area contributed by atoms with Gasteiger partial charge in [-0.1, -0.05) is 24.3 Å². The number of thiazole rings is 1. The first kappa shape index (κ1) is 19.4. The number of nitrogens with zero attached hydrogens (tertiary/aromatic N) is 1. The van der Waals surface area contributed by atoms with Gasteiger partial charge in [-0.2, -0.15) is 13.2 Å². The Bertz CT molecular complexity index is 1010. The molecule has 29 heavy (non-hydrogen) atoms. The van der Waals surface area contributed by atoms with Crippen LogP contribution in [-0.4, -0.2) is 16.9 Å². The second kappa shape index (κ2) is 7.87. The highest BCUT2D eigenvalue weighted by Gasteiger charge is 2.30. The van der Waals surface area contributed by atoms with Gasteiger partial charge in [0.15, 0.2) is 0 Å². The van der Waals surface area contributed by atoms with Crippen LogP contribution in [0.3, 0.4) is 0 Å². The van der Waals surface area contributed by atoms with Gasteiger partial charge >= 0.3 is 6.18 Å². The molecule has 0 saturated heterocycles. The minimum absolute atomic E-state index is 0.147. The number of halogens is 3. The normalized spacial score (nSPS) is 13.9. The zero-order valence-corrected chi connectivity index (χ0v) is 16.0. The molecule has 0 bridgehead atoms. The summed E-state index contributed by atoms with van der Waals surface area (Å²) in [5.41, 5.74) is 1.16. The molecule has 4 nitrogen and oxygen atoms in total. The van der Waals surface area contributed by atoms with Gasteiger partial charge in [0.2, 0.25) is 0 Å². The van der Waals surface area contributed by atoms with Gasteiger partial charge in [-0.3, -0.25) is 4.79 Å². The van der Waals surface area contributed by atoms with E-state index >= 15 is 0 Å². The van der Waals surface area contributed by atoms with E-state index in [9.17, 15) is 18.0 Å². The summed E-state index contributed by atoms with van der Waals surface area (Å²) in [5, 5.41) is 5.33. The molecule has 1 saturated carbocycles. The standard InChI is InChI=1S/C21H17F3N2O2S/c22-21(23,24)15-6-4-13(5-7-15)11-28-17-3-1-2-14(10-17)20-26-18(12-29-20)19(27)25-16-8-9-16/h1-7,10,12,16H,8-9,11H2,(H,25,27). The van der Waals surface area contributed by atoms with Crippen LogP contribution in [0.4, 0.5) is 13.2 Å². The first-order valence-corrected chi connectivity index (χ1v) is 9.92. The van der Waals surface area contributed by atoms with Gasteiger partial charge in [0.1, 0.15) is 23.1 Å². The van der Waals surface area contributed by atoms with Crippen LogP contribution < -0.4 is 10.1 Å². The highest BCUT2D eigenvalue weighted by molar-refractivity contribution is 7.13. The second-order valence-corrected chi connectivity index (χ2v) is 7.65. The largest absolute Gasteiger partial charge is 0.489 e. The third-order valence-electron chi connectivity index (χ3n) is 4.42. The minimum Gasteiger partial charge on any atom is -0.489 e. The van der Waals surface area contributed by atoms with Crippen molar-refractivity contribution in [3.05, 3.63) is 70.7 Å². The summed E-state index contributed by atoms with van der Waals surface area (Å²) >= 11 is 1.37. The summed E-state index contributed by atoms with van der Waals surface area (Å²) < 4.78 is 43.6. The van der Waals surface area contributed by atoms with E-state index in [2.05, 4.69) is 10.3 Å². The van der Waals surface area contributed by atoms with E-state index in [-0.39, 0.29) is 18.6 Å². The van der Waals surface area contributed by atoms with Gasteiger partial charge in [-0.15, -0.1) is 11.3 Å². The SMILES string of the molecule is O=C(NC1CC1)c1csc(-c2cccc(OCc3ccc(C(F)(F)F)cc3)c2)n1. The third kappa shape index (κ3) is 4.95. The van der Waals surface area contributed by atoms with Crippen LogP contribution in [-0.2, 0) is 12.8 Å². The number of rotatable bonds is 6. The van der Waals surface area contributed by atoms with Crippen molar-refractivity contribution in [2.45, 2.75) is 31.7 Å². The summed E-state index contributed by atoms with van der Waals surface area (Å²) in [5.74, 6) is 0.409. The Balaban J connectivity index is 1.41. The van der Waals surface area contributed by atoms with E-state index in [1.165, 1.54) is 23.5 Å². The third-order valence-corrected chi connectivity index (χ3v) is 5.31. The smallest absolute Gasteiger partial charge is 0.416 e. The fourth-order valence-electron chi connectivity index (χ4n) is 2.67. The van der Waals surface area contributed by atoms with E-state index < -0.39 is 11.7 Å². The fourth-order valence-corrected chi connectivity index (χ4v) is 3.47. The lowest BCUT2D eigenvalue weighted by Gasteiger charge is -2.09. The van der Waals surface area contributed by atoms with Gasteiger partial charge in [-0.05, 0) is 42.7 Å². The van der Waals surface area contributed by atoms with Gasteiger partial charge in [0.25, 0.3) is 5.91 Å². The van der Waals surface area contributed by atoms with Crippen LogP contribution in [0.5, 0.6) is 5.75 Å². The number of carbonyl (C=O) groups is 1. The lowest BCUT2D eigenvalue weighted by atomic mass is 10.1. The number of ether oxygens (including phenoxy) is 1. The second-order valence-electron chi connectivity index (χ2n) is 6.80. The number of nitrogens with one attached hydrogen (secondary N) is 1. The fraction of sp³-hybridized carbons (Fsp3) is 0.238. The van der Waals surface area contributed by atoms with Crippen LogP contribution in [0.15, 0.2) is 53.9 Å². The molecule has 3 aromatic rings. The highest BCUT2D eigenvalue weighted by Crippen LogP contribution is 2.30. The first-order chi connectivity index (χ1) is 13.9. The minimum atomic E-state index is -4.35. The van der Waals surface area contributed by atoms with E-state index in [1.54, 1.807) is 17.5 Å². The summed E-state index contributed by atoms with van der Waals surface area (Å²) in [6.07, 6.45) is -2.32. The number of amides is 1.